The first-order chi connectivity index (χ1) is 13.4. The SMILES string of the molecule is Nc1nc(=O)n([C@H]2CC(O)[C@@H](CO)O2)cc1COCc1ccccc1[N+](=O)[O-]. The number of nitrogen functional groups attached to an aromatic ring is 1. The molecule has 4 N–H and O–H groups in total. The Bertz CT molecular complexity index is 917. The van der Waals surface area contributed by atoms with Gasteiger partial charge in [-0.25, -0.2) is 4.79 Å². The van der Waals surface area contributed by atoms with E-state index in [1.165, 1.54) is 16.8 Å². The van der Waals surface area contributed by atoms with Crippen molar-refractivity contribution in [1.29, 1.82) is 0 Å². The molecule has 2 heterocycles. The Balaban J connectivity index is 1.73. The van der Waals surface area contributed by atoms with Gasteiger partial charge in [-0.3, -0.25) is 14.7 Å². The summed E-state index contributed by atoms with van der Waals surface area (Å²) in [4.78, 5) is 26.4. The lowest BCUT2D eigenvalue weighted by Crippen LogP contribution is -2.29. The van der Waals surface area contributed by atoms with Gasteiger partial charge in [-0.2, -0.15) is 4.98 Å². The van der Waals surface area contributed by atoms with Gasteiger partial charge in [0.1, 0.15) is 18.1 Å². The normalized spacial score (nSPS) is 21.7. The number of aliphatic hydroxyl groups is 2. The molecule has 1 aliphatic rings. The predicted molar refractivity (Wildman–Crippen MR) is 96.1 cm³/mol. The maximum absolute atomic E-state index is 12.1. The molecular weight excluding hydrogens is 372 g/mol. The molecule has 0 spiro atoms. The zero-order valence-electron chi connectivity index (χ0n) is 14.8. The van der Waals surface area contributed by atoms with E-state index in [-0.39, 0.29) is 37.7 Å². The standard InChI is InChI=1S/C17H20N4O7/c18-16-11(9-27-8-10-3-1-2-4-12(10)21(25)26)6-20(17(24)19-16)15-5-13(23)14(7-22)28-15/h1-4,6,13-15,22-23H,5,7-9H2,(H2,18,19,24)/t13?,14-,15-/m1/s1. The second-order valence-corrected chi connectivity index (χ2v) is 6.33. The largest absolute Gasteiger partial charge is 0.394 e. The number of para-hydroxylation sites is 1. The molecule has 1 aliphatic heterocycles. The molecular formula is C17H20N4O7. The minimum absolute atomic E-state index is 0.0268. The first-order valence-electron chi connectivity index (χ1n) is 8.52. The third-order valence-electron chi connectivity index (χ3n) is 4.46. The lowest BCUT2D eigenvalue weighted by Gasteiger charge is -2.16. The van der Waals surface area contributed by atoms with Crippen LogP contribution in [-0.2, 0) is 22.7 Å². The van der Waals surface area contributed by atoms with Gasteiger partial charge in [0, 0.05) is 24.2 Å². The van der Waals surface area contributed by atoms with Crippen LogP contribution in [0.5, 0.6) is 0 Å². The van der Waals surface area contributed by atoms with Gasteiger partial charge in [-0.1, -0.05) is 12.1 Å². The van der Waals surface area contributed by atoms with Crippen molar-refractivity contribution in [3.05, 3.63) is 62.2 Å². The summed E-state index contributed by atoms with van der Waals surface area (Å²) >= 11 is 0. The van der Waals surface area contributed by atoms with Crippen molar-refractivity contribution >= 4 is 11.5 Å². The second kappa shape index (κ2) is 8.44. The van der Waals surface area contributed by atoms with Crippen molar-refractivity contribution in [2.75, 3.05) is 12.3 Å². The van der Waals surface area contributed by atoms with Crippen molar-refractivity contribution in [1.82, 2.24) is 9.55 Å². The topological polar surface area (TPSA) is 163 Å². The van der Waals surface area contributed by atoms with Crippen LogP contribution in [-0.4, -0.2) is 43.5 Å². The average Bonchev–Trinajstić information content (AvgIpc) is 3.04. The van der Waals surface area contributed by atoms with Gasteiger partial charge in [0.25, 0.3) is 5.69 Å². The molecule has 0 aliphatic carbocycles. The Morgan fingerprint density at radius 3 is 2.75 bits per heavy atom. The lowest BCUT2D eigenvalue weighted by molar-refractivity contribution is -0.386. The number of nitro groups is 1. The maximum Gasteiger partial charge on any atom is 0.351 e. The Labute approximate surface area is 159 Å². The van der Waals surface area contributed by atoms with Gasteiger partial charge in [0.05, 0.1) is 36.4 Å². The van der Waals surface area contributed by atoms with Crippen LogP contribution < -0.4 is 11.4 Å². The number of benzene rings is 1. The molecule has 28 heavy (non-hydrogen) atoms. The molecule has 3 rings (SSSR count). The van der Waals surface area contributed by atoms with E-state index in [0.717, 1.165) is 0 Å². The molecule has 1 aromatic heterocycles. The summed E-state index contributed by atoms with van der Waals surface area (Å²) in [6, 6.07) is 6.20. The molecule has 11 heteroatoms. The number of nitrogens with zero attached hydrogens (tertiary/aromatic N) is 3. The van der Waals surface area contributed by atoms with E-state index in [0.29, 0.717) is 11.1 Å². The number of nitrogens with two attached hydrogens (primary N) is 1. The summed E-state index contributed by atoms with van der Waals surface area (Å²) in [5, 5.41) is 30.1. The number of hydrogen-bond acceptors (Lipinski definition) is 9. The summed E-state index contributed by atoms with van der Waals surface area (Å²) in [7, 11) is 0. The highest BCUT2D eigenvalue weighted by atomic mass is 16.6. The van der Waals surface area contributed by atoms with Crippen LogP contribution in [0.25, 0.3) is 0 Å². The molecule has 1 unspecified atom stereocenters. The maximum atomic E-state index is 12.1. The molecule has 0 amide bonds. The number of hydrogen-bond donors (Lipinski definition) is 3. The molecule has 150 valence electrons. The Morgan fingerprint density at radius 1 is 1.36 bits per heavy atom. The quantitative estimate of drug-likeness (QED) is 0.438. The van der Waals surface area contributed by atoms with Crippen LogP contribution >= 0.6 is 0 Å². The van der Waals surface area contributed by atoms with Gasteiger partial charge in [-0.15, -0.1) is 0 Å². The fourth-order valence-electron chi connectivity index (χ4n) is 2.97. The van der Waals surface area contributed by atoms with E-state index in [1.54, 1.807) is 18.2 Å². The van der Waals surface area contributed by atoms with Crippen LogP contribution in [0.2, 0.25) is 0 Å². The summed E-state index contributed by atoms with van der Waals surface area (Å²) in [6.45, 7) is -0.439. The number of aliphatic hydroxyl groups excluding tert-OH is 2. The fraction of sp³-hybridized carbons (Fsp3) is 0.412. The zero-order valence-corrected chi connectivity index (χ0v) is 14.8. The smallest absolute Gasteiger partial charge is 0.351 e. The molecule has 2 aromatic rings. The second-order valence-electron chi connectivity index (χ2n) is 6.33. The molecule has 0 bridgehead atoms. The van der Waals surface area contributed by atoms with Gasteiger partial charge in [-0.05, 0) is 6.07 Å². The summed E-state index contributed by atoms with van der Waals surface area (Å²) in [6.07, 6.45) is -0.943. The molecule has 1 aromatic carbocycles. The van der Waals surface area contributed by atoms with Crippen LogP contribution in [0.15, 0.2) is 35.3 Å². The van der Waals surface area contributed by atoms with E-state index >= 15 is 0 Å². The molecule has 0 radical (unpaired) electrons. The summed E-state index contributed by atoms with van der Waals surface area (Å²) in [5.74, 6) is -0.0268. The van der Waals surface area contributed by atoms with E-state index in [9.17, 15) is 25.1 Å². The van der Waals surface area contributed by atoms with Crippen molar-refractivity contribution in [3.63, 3.8) is 0 Å². The monoisotopic (exact) mass is 392 g/mol. The van der Waals surface area contributed by atoms with E-state index in [2.05, 4.69) is 4.98 Å². The van der Waals surface area contributed by atoms with Crippen molar-refractivity contribution < 1.29 is 24.6 Å². The number of ether oxygens (including phenoxy) is 2. The van der Waals surface area contributed by atoms with Crippen LogP contribution in [0, 0.1) is 10.1 Å². The van der Waals surface area contributed by atoms with E-state index < -0.39 is 29.0 Å². The molecule has 3 atom stereocenters. The molecule has 0 saturated carbocycles. The number of rotatable bonds is 7. The Kier molecular flexibility index (Phi) is 5.99. The number of anilines is 1. The first-order valence-corrected chi connectivity index (χ1v) is 8.52. The van der Waals surface area contributed by atoms with Crippen molar-refractivity contribution in [2.45, 2.75) is 38.1 Å². The van der Waals surface area contributed by atoms with Gasteiger partial charge < -0.3 is 25.4 Å². The highest BCUT2D eigenvalue weighted by Crippen LogP contribution is 2.28. The molecule has 11 nitrogen and oxygen atoms in total. The van der Waals surface area contributed by atoms with Crippen molar-refractivity contribution in [2.24, 2.45) is 0 Å². The van der Waals surface area contributed by atoms with E-state index in [1.807, 2.05) is 0 Å². The third-order valence-corrected chi connectivity index (χ3v) is 4.46. The molecule has 1 saturated heterocycles. The van der Waals surface area contributed by atoms with Gasteiger partial charge in [0.2, 0.25) is 0 Å². The number of aromatic nitrogens is 2. The predicted octanol–water partition coefficient (Wildman–Crippen LogP) is 0.0912. The van der Waals surface area contributed by atoms with Crippen LogP contribution in [0.1, 0.15) is 23.8 Å². The number of nitro benzene ring substituents is 1. The fourth-order valence-corrected chi connectivity index (χ4v) is 2.97. The zero-order chi connectivity index (χ0) is 20.3. The van der Waals surface area contributed by atoms with Crippen LogP contribution in [0.4, 0.5) is 11.5 Å². The van der Waals surface area contributed by atoms with Gasteiger partial charge in [0.15, 0.2) is 0 Å². The lowest BCUT2D eigenvalue weighted by atomic mass is 10.2. The Morgan fingerprint density at radius 2 is 2.07 bits per heavy atom. The highest BCUT2D eigenvalue weighted by molar-refractivity contribution is 5.39. The van der Waals surface area contributed by atoms with E-state index in [4.69, 9.17) is 15.2 Å². The average molecular weight is 392 g/mol. The minimum atomic E-state index is -0.905. The van der Waals surface area contributed by atoms with Gasteiger partial charge >= 0.3 is 5.69 Å². The van der Waals surface area contributed by atoms with Crippen molar-refractivity contribution in [3.8, 4) is 0 Å². The summed E-state index contributed by atoms with van der Waals surface area (Å²) < 4.78 is 12.2. The summed E-state index contributed by atoms with van der Waals surface area (Å²) in [5.41, 5.74) is 5.87. The Hall–Kier alpha value is -2.86. The third kappa shape index (κ3) is 4.17. The first kappa shape index (κ1) is 19.9. The molecule has 1 fully saturated rings. The minimum Gasteiger partial charge on any atom is -0.394 e. The van der Waals surface area contributed by atoms with Crippen LogP contribution in [0.3, 0.4) is 0 Å². The highest BCUT2D eigenvalue weighted by Gasteiger charge is 2.35.